The van der Waals surface area contributed by atoms with Crippen molar-refractivity contribution >= 4 is 114 Å². The van der Waals surface area contributed by atoms with E-state index in [4.69, 9.17) is 8.83 Å². The van der Waals surface area contributed by atoms with Crippen LogP contribution in [0.25, 0.3) is 108 Å². The highest BCUT2D eigenvalue weighted by Gasteiger charge is 2.21. The van der Waals surface area contributed by atoms with Crippen LogP contribution in [-0.2, 0) is 0 Å². The molecule has 0 fully saturated rings. The number of hydrogen-bond donors (Lipinski definition) is 0. The van der Waals surface area contributed by atoms with Crippen molar-refractivity contribution in [2.45, 2.75) is 0 Å². The van der Waals surface area contributed by atoms with Crippen molar-refractivity contribution in [2.75, 3.05) is 4.90 Å². The lowest BCUT2D eigenvalue weighted by atomic mass is 9.97. The van der Waals surface area contributed by atoms with Gasteiger partial charge in [0.1, 0.15) is 22.3 Å². The molecule has 280 valence electrons. The fraction of sp³-hybridized carbons (Fsp3) is 0. The first kappa shape index (κ1) is 33.3. The monoisotopic (exact) mass is 783 g/mol. The first-order valence-corrected chi connectivity index (χ1v) is 21.1. The van der Waals surface area contributed by atoms with E-state index in [2.05, 4.69) is 205 Å². The number of nitrogens with zero attached hydrogens (tertiary/aromatic N) is 1. The maximum Gasteiger partial charge on any atom is 0.143 e. The van der Waals surface area contributed by atoms with Gasteiger partial charge in [0, 0.05) is 63.9 Å². The fourth-order valence-corrected chi connectivity index (χ4v) is 10.7. The first-order chi connectivity index (χ1) is 29.7. The number of thiophene rings is 1. The third kappa shape index (κ3) is 4.95. The Morgan fingerprint density at radius 2 is 0.817 bits per heavy atom. The van der Waals surface area contributed by atoms with Gasteiger partial charge in [-0.2, -0.15) is 0 Å². The van der Waals surface area contributed by atoms with Crippen molar-refractivity contribution in [2.24, 2.45) is 0 Å². The molecule has 0 atom stereocenters. The maximum atomic E-state index is 6.56. The lowest BCUT2D eigenvalue weighted by Crippen LogP contribution is -2.10. The van der Waals surface area contributed by atoms with Gasteiger partial charge in [0.2, 0.25) is 0 Å². The van der Waals surface area contributed by atoms with Gasteiger partial charge in [0.05, 0.1) is 5.69 Å². The summed E-state index contributed by atoms with van der Waals surface area (Å²) in [7, 11) is 0. The molecule has 13 rings (SSSR count). The molecule has 0 N–H and O–H groups in total. The Labute approximate surface area is 348 Å². The van der Waals surface area contributed by atoms with Gasteiger partial charge in [-0.1, -0.05) is 133 Å². The zero-order chi connectivity index (χ0) is 39.3. The van der Waals surface area contributed by atoms with Crippen molar-refractivity contribution in [3.8, 4) is 22.3 Å². The average Bonchev–Trinajstić information content (AvgIpc) is 4.02. The normalized spacial score (nSPS) is 12.0. The molecule has 13 aromatic rings. The molecule has 0 aliphatic heterocycles. The van der Waals surface area contributed by atoms with Crippen molar-refractivity contribution in [3.63, 3.8) is 0 Å². The van der Waals surface area contributed by atoms with Crippen LogP contribution in [0.4, 0.5) is 17.1 Å². The number of hydrogen-bond acceptors (Lipinski definition) is 4. The molecular weight excluding hydrogens is 751 g/mol. The van der Waals surface area contributed by atoms with Crippen molar-refractivity contribution < 1.29 is 8.83 Å². The van der Waals surface area contributed by atoms with E-state index in [0.29, 0.717) is 0 Å². The minimum atomic E-state index is 0.896. The third-order valence-corrected chi connectivity index (χ3v) is 13.4. The highest BCUT2D eigenvalue weighted by atomic mass is 32.1. The molecular formula is C56H33NO2S. The summed E-state index contributed by atoms with van der Waals surface area (Å²) in [6.45, 7) is 0. The van der Waals surface area contributed by atoms with Crippen LogP contribution in [-0.4, -0.2) is 0 Å². The largest absolute Gasteiger partial charge is 0.455 e. The van der Waals surface area contributed by atoms with Gasteiger partial charge in [-0.25, -0.2) is 0 Å². The topological polar surface area (TPSA) is 29.5 Å². The molecule has 0 spiro atoms. The Morgan fingerprint density at radius 1 is 0.333 bits per heavy atom. The molecule has 3 heterocycles. The van der Waals surface area contributed by atoms with Crippen LogP contribution in [0, 0.1) is 0 Å². The van der Waals surface area contributed by atoms with Crippen LogP contribution in [0.15, 0.2) is 209 Å². The molecule has 0 aliphatic rings. The minimum Gasteiger partial charge on any atom is -0.455 e. The molecule has 3 aromatic heterocycles. The van der Waals surface area contributed by atoms with E-state index < -0.39 is 0 Å². The van der Waals surface area contributed by atoms with E-state index in [1.807, 2.05) is 11.3 Å². The summed E-state index contributed by atoms with van der Waals surface area (Å²) >= 11 is 1.85. The Morgan fingerprint density at radius 3 is 1.38 bits per heavy atom. The summed E-state index contributed by atoms with van der Waals surface area (Å²) < 4.78 is 15.7. The Bertz CT molecular complexity index is 3640. The average molecular weight is 784 g/mol. The summed E-state index contributed by atoms with van der Waals surface area (Å²) in [4.78, 5) is 2.41. The van der Waals surface area contributed by atoms with Crippen LogP contribution in [0.2, 0.25) is 0 Å². The molecule has 0 bridgehead atoms. The molecule has 3 nitrogen and oxygen atoms in total. The van der Waals surface area contributed by atoms with Gasteiger partial charge >= 0.3 is 0 Å². The number of furan rings is 2. The summed E-state index contributed by atoms with van der Waals surface area (Å²) in [5, 5.41) is 11.7. The smallest absolute Gasteiger partial charge is 0.143 e. The lowest BCUT2D eigenvalue weighted by molar-refractivity contribution is 0.672. The van der Waals surface area contributed by atoms with Gasteiger partial charge in [0.15, 0.2) is 0 Å². The van der Waals surface area contributed by atoms with Crippen LogP contribution in [0.3, 0.4) is 0 Å². The van der Waals surface area contributed by atoms with E-state index in [1.54, 1.807) is 0 Å². The Balaban J connectivity index is 0.964. The number of anilines is 3. The SMILES string of the molecule is c1ccc2c(c1)ccc1c2oc2cccc(-c3ccc(N(c4ccc(-c5cccc6oc7c8ccccc8ccc7c56)cc4)c4cccc5sc6ccccc6c45)cc3)c21. The second-order valence-electron chi connectivity index (χ2n) is 15.6. The first-order valence-electron chi connectivity index (χ1n) is 20.3. The van der Waals surface area contributed by atoms with Crippen LogP contribution in [0.1, 0.15) is 0 Å². The van der Waals surface area contributed by atoms with Gasteiger partial charge in [-0.15, -0.1) is 11.3 Å². The summed E-state index contributed by atoms with van der Waals surface area (Å²) in [6.07, 6.45) is 0. The summed E-state index contributed by atoms with van der Waals surface area (Å²) in [5.74, 6) is 0. The highest BCUT2D eigenvalue weighted by Crippen LogP contribution is 2.47. The number of rotatable bonds is 5. The van der Waals surface area contributed by atoms with E-state index >= 15 is 0 Å². The number of fused-ring (bicyclic) bond motifs is 13. The highest BCUT2D eigenvalue weighted by molar-refractivity contribution is 7.26. The second kappa shape index (κ2) is 12.9. The quantitative estimate of drug-likeness (QED) is 0.174. The van der Waals surface area contributed by atoms with E-state index in [-0.39, 0.29) is 0 Å². The summed E-state index contributed by atoms with van der Waals surface area (Å²) in [6, 6.07) is 72.0. The molecule has 0 radical (unpaired) electrons. The van der Waals surface area contributed by atoms with Crippen molar-refractivity contribution in [3.05, 3.63) is 200 Å². The molecule has 0 amide bonds. The lowest BCUT2D eigenvalue weighted by Gasteiger charge is -2.27. The maximum absolute atomic E-state index is 6.56. The zero-order valence-electron chi connectivity index (χ0n) is 32.2. The second-order valence-corrected chi connectivity index (χ2v) is 16.6. The standard InChI is InChI=1S/C56H33NO2S/c1-3-12-42-34(10-1)26-32-45-52-40(15-7-18-48(52)58-55(42)45)36-22-28-38(29-23-36)57(47-17-9-21-51-54(47)44-14-5-6-20-50(44)60-51)39-30-24-37(25-31-39)41-16-8-19-49-53(41)46-33-27-35-11-2-4-13-43(35)56(46)59-49/h1-33H. The molecule has 0 aliphatic carbocycles. The third-order valence-electron chi connectivity index (χ3n) is 12.3. The molecule has 10 aromatic carbocycles. The molecule has 0 saturated carbocycles. The van der Waals surface area contributed by atoms with Crippen LogP contribution >= 0.6 is 11.3 Å². The minimum absolute atomic E-state index is 0.896. The van der Waals surface area contributed by atoms with Crippen molar-refractivity contribution in [1.82, 2.24) is 0 Å². The van der Waals surface area contributed by atoms with Crippen molar-refractivity contribution in [1.29, 1.82) is 0 Å². The molecule has 60 heavy (non-hydrogen) atoms. The summed E-state index contributed by atoms with van der Waals surface area (Å²) in [5.41, 5.74) is 11.6. The van der Waals surface area contributed by atoms with Gasteiger partial charge in [-0.05, 0) is 99.8 Å². The van der Waals surface area contributed by atoms with Crippen LogP contribution < -0.4 is 4.90 Å². The van der Waals surface area contributed by atoms with Gasteiger partial charge in [-0.3, -0.25) is 0 Å². The Kier molecular flexibility index (Phi) is 7.18. The number of benzene rings is 10. The predicted molar refractivity (Wildman–Crippen MR) is 254 cm³/mol. The van der Waals surface area contributed by atoms with E-state index in [0.717, 1.165) is 94.0 Å². The predicted octanol–water partition coefficient (Wildman–Crippen LogP) is 17.0. The Hall–Kier alpha value is -7.66. The van der Waals surface area contributed by atoms with E-state index in [1.165, 1.54) is 30.9 Å². The molecule has 0 unspecified atom stereocenters. The van der Waals surface area contributed by atoms with E-state index in [9.17, 15) is 0 Å². The molecule has 4 heteroatoms. The van der Waals surface area contributed by atoms with Crippen LogP contribution in [0.5, 0.6) is 0 Å². The fourth-order valence-electron chi connectivity index (χ4n) is 9.54. The van der Waals surface area contributed by atoms with Gasteiger partial charge < -0.3 is 13.7 Å². The zero-order valence-corrected chi connectivity index (χ0v) is 33.0. The van der Waals surface area contributed by atoms with Gasteiger partial charge in [0.25, 0.3) is 0 Å². The molecule has 0 saturated heterocycles.